The molecular formula is C16H20N4O. The molecule has 0 aliphatic carbocycles. The number of amides is 1. The topological polar surface area (TPSA) is 66.9 Å². The smallest absolute Gasteiger partial charge is 0.274 e. The highest BCUT2D eigenvalue weighted by atomic mass is 16.1. The van der Waals surface area contributed by atoms with Gasteiger partial charge in [-0.15, -0.1) is 0 Å². The summed E-state index contributed by atoms with van der Waals surface area (Å²) in [6, 6.07) is 9.32. The fraction of sp³-hybridized carbons (Fsp3) is 0.312. The van der Waals surface area contributed by atoms with Crippen LogP contribution >= 0.6 is 0 Å². The molecule has 1 aromatic carbocycles. The third-order valence-corrected chi connectivity index (χ3v) is 3.13. The van der Waals surface area contributed by atoms with E-state index in [4.69, 9.17) is 0 Å². The first-order valence-electron chi connectivity index (χ1n) is 7.13. The third kappa shape index (κ3) is 4.27. The van der Waals surface area contributed by atoms with E-state index in [0.29, 0.717) is 11.5 Å². The van der Waals surface area contributed by atoms with Crippen LogP contribution in [-0.4, -0.2) is 22.4 Å². The highest BCUT2D eigenvalue weighted by molar-refractivity contribution is 6.03. The maximum absolute atomic E-state index is 12.2. The summed E-state index contributed by atoms with van der Waals surface area (Å²) in [6.45, 7) is 4.92. The van der Waals surface area contributed by atoms with Crippen molar-refractivity contribution in [1.29, 1.82) is 0 Å². The van der Waals surface area contributed by atoms with Crippen LogP contribution in [-0.2, 0) is 0 Å². The number of hydrogen-bond acceptors (Lipinski definition) is 4. The average molecular weight is 284 g/mol. The van der Waals surface area contributed by atoms with Crippen molar-refractivity contribution in [3.05, 3.63) is 47.9 Å². The van der Waals surface area contributed by atoms with E-state index in [9.17, 15) is 4.79 Å². The second kappa shape index (κ2) is 7.38. The normalized spacial score (nSPS) is 10.2. The van der Waals surface area contributed by atoms with Crippen LogP contribution in [0, 0.1) is 6.92 Å². The van der Waals surface area contributed by atoms with E-state index < -0.39 is 0 Å². The summed E-state index contributed by atoms with van der Waals surface area (Å²) in [4.78, 5) is 20.4. The Morgan fingerprint density at radius 2 is 2.05 bits per heavy atom. The number of carbonyl (C=O) groups excluding carboxylic acids is 1. The Bertz CT molecular complexity index is 613. The predicted molar refractivity (Wildman–Crippen MR) is 84.6 cm³/mol. The number of aryl methyl sites for hydroxylation is 1. The fourth-order valence-electron chi connectivity index (χ4n) is 1.87. The number of aromatic nitrogens is 2. The van der Waals surface area contributed by atoms with Crippen molar-refractivity contribution in [1.82, 2.24) is 9.97 Å². The lowest BCUT2D eigenvalue weighted by Crippen LogP contribution is -2.15. The average Bonchev–Trinajstić information content (AvgIpc) is 2.50. The minimum Gasteiger partial charge on any atom is -0.370 e. The van der Waals surface area contributed by atoms with E-state index in [1.165, 1.54) is 6.33 Å². The Morgan fingerprint density at radius 1 is 1.24 bits per heavy atom. The van der Waals surface area contributed by atoms with E-state index in [1.54, 1.807) is 6.07 Å². The van der Waals surface area contributed by atoms with Gasteiger partial charge in [-0.1, -0.05) is 31.5 Å². The predicted octanol–water partition coefficient (Wildman–Crippen LogP) is 3.25. The van der Waals surface area contributed by atoms with E-state index in [1.807, 2.05) is 31.2 Å². The highest BCUT2D eigenvalue weighted by Crippen LogP contribution is 2.14. The summed E-state index contributed by atoms with van der Waals surface area (Å²) in [6.07, 6.45) is 3.58. The molecule has 2 N–H and O–H groups in total. The molecule has 0 saturated carbocycles. The van der Waals surface area contributed by atoms with Gasteiger partial charge in [0.15, 0.2) is 0 Å². The molecule has 0 saturated heterocycles. The Kier molecular flexibility index (Phi) is 5.26. The van der Waals surface area contributed by atoms with E-state index >= 15 is 0 Å². The lowest BCUT2D eigenvalue weighted by molar-refractivity contribution is 0.102. The zero-order chi connectivity index (χ0) is 15.1. The van der Waals surface area contributed by atoms with Gasteiger partial charge in [-0.05, 0) is 25.0 Å². The Balaban J connectivity index is 2.05. The van der Waals surface area contributed by atoms with Crippen LogP contribution in [0.1, 0.15) is 35.8 Å². The SMILES string of the molecule is CCCCNc1cc(C(=O)Nc2ccccc2C)ncn1. The molecule has 0 bridgehead atoms. The molecule has 1 amide bonds. The van der Waals surface area contributed by atoms with Gasteiger partial charge in [0.25, 0.3) is 5.91 Å². The van der Waals surface area contributed by atoms with Crippen LogP contribution in [0.15, 0.2) is 36.7 Å². The van der Waals surface area contributed by atoms with Gasteiger partial charge < -0.3 is 10.6 Å². The fourth-order valence-corrected chi connectivity index (χ4v) is 1.87. The van der Waals surface area contributed by atoms with Crippen LogP contribution in [0.3, 0.4) is 0 Å². The first kappa shape index (κ1) is 15.0. The number of nitrogens with one attached hydrogen (secondary N) is 2. The van der Waals surface area contributed by atoms with E-state index in [2.05, 4.69) is 27.5 Å². The number of hydrogen-bond donors (Lipinski definition) is 2. The second-order valence-corrected chi connectivity index (χ2v) is 4.84. The van der Waals surface area contributed by atoms with Crippen molar-refractivity contribution in [2.45, 2.75) is 26.7 Å². The van der Waals surface area contributed by atoms with Gasteiger partial charge in [-0.25, -0.2) is 9.97 Å². The van der Waals surface area contributed by atoms with Crippen molar-refractivity contribution >= 4 is 17.4 Å². The molecule has 2 rings (SSSR count). The minimum atomic E-state index is -0.231. The molecule has 2 aromatic rings. The van der Waals surface area contributed by atoms with Crippen LogP contribution in [0.2, 0.25) is 0 Å². The summed E-state index contributed by atoms with van der Waals surface area (Å²) >= 11 is 0. The number of benzene rings is 1. The molecule has 0 atom stereocenters. The lowest BCUT2D eigenvalue weighted by atomic mass is 10.2. The summed E-state index contributed by atoms with van der Waals surface area (Å²) in [5.41, 5.74) is 2.16. The molecule has 5 nitrogen and oxygen atoms in total. The third-order valence-electron chi connectivity index (χ3n) is 3.13. The Labute approximate surface area is 124 Å². The molecule has 21 heavy (non-hydrogen) atoms. The molecule has 110 valence electrons. The molecule has 0 spiro atoms. The number of anilines is 2. The molecule has 0 aliphatic rings. The molecular weight excluding hydrogens is 264 g/mol. The van der Waals surface area contributed by atoms with E-state index in [-0.39, 0.29) is 5.91 Å². The Hall–Kier alpha value is -2.43. The first-order valence-corrected chi connectivity index (χ1v) is 7.13. The van der Waals surface area contributed by atoms with E-state index in [0.717, 1.165) is 30.6 Å². The largest absolute Gasteiger partial charge is 0.370 e. The van der Waals surface area contributed by atoms with Gasteiger partial charge in [0.1, 0.15) is 17.8 Å². The standard InChI is InChI=1S/C16H20N4O/c1-3-4-9-17-15-10-14(18-11-19-15)16(21)20-13-8-6-5-7-12(13)2/h5-8,10-11H,3-4,9H2,1-2H3,(H,20,21)(H,17,18,19). The number of nitrogens with zero attached hydrogens (tertiary/aromatic N) is 2. The van der Waals surface area contributed by atoms with Crippen molar-refractivity contribution in [2.24, 2.45) is 0 Å². The number of rotatable bonds is 6. The van der Waals surface area contributed by atoms with Gasteiger partial charge in [0, 0.05) is 18.3 Å². The van der Waals surface area contributed by atoms with Crippen molar-refractivity contribution in [3.63, 3.8) is 0 Å². The maximum Gasteiger partial charge on any atom is 0.274 e. The van der Waals surface area contributed by atoms with Crippen LogP contribution in [0.5, 0.6) is 0 Å². The number of para-hydroxylation sites is 1. The monoisotopic (exact) mass is 284 g/mol. The van der Waals surface area contributed by atoms with Gasteiger partial charge in [0.05, 0.1) is 0 Å². The van der Waals surface area contributed by atoms with Gasteiger partial charge in [-0.3, -0.25) is 4.79 Å². The summed E-state index contributed by atoms with van der Waals surface area (Å²) < 4.78 is 0. The number of unbranched alkanes of at least 4 members (excludes halogenated alkanes) is 1. The minimum absolute atomic E-state index is 0.231. The highest BCUT2D eigenvalue weighted by Gasteiger charge is 2.10. The zero-order valence-electron chi connectivity index (χ0n) is 12.4. The second-order valence-electron chi connectivity index (χ2n) is 4.84. The van der Waals surface area contributed by atoms with Gasteiger partial charge in [-0.2, -0.15) is 0 Å². The zero-order valence-corrected chi connectivity index (χ0v) is 12.4. The van der Waals surface area contributed by atoms with Crippen molar-refractivity contribution in [3.8, 4) is 0 Å². The summed E-state index contributed by atoms with van der Waals surface area (Å²) in [7, 11) is 0. The summed E-state index contributed by atoms with van der Waals surface area (Å²) in [5.74, 6) is 0.443. The van der Waals surface area contributed by atoms with Crippen molar-refractivity contribution < 1.29 is 4.79 Å². The van der Waals surface area contributed by atoms with Gasteiger partial charge >= 0.3 is 0 Å². The van der Waals surface area contributed by atoms with Crippen molar-refractivity contribution in [2.75, 3.05) is 17.2 Å². The van der Waals surface area contributed by atoms with Crippen LogP contribution in [0.25, 0.3) is 0 Å². The molecule has 0 aliphatic heterocycles. The molecule has 1 heterocycles. The lowest BCUT2D eigenvalue weighted by Gasteiger charge is -2.09. The molecule has 0 radical (unpaired) electrons. The Morgan fingerprint density at radius 3 is 2.81 bits per heavy atom. The molecule has 5 heteroatoms. The quantitative estimate of drug-likeness (QED) is 0.799. The molecule has 0 fully saturated rings. The van der Waals surface area contributed by atoms with Gasteiger partial charge in [0.2, 0.25) is 0 Å². The van der Waals surface area contributed by atoms with Crippen LogP contribution < -0.4 is 10.6 Å². The summed E-state index contributed by atoms with van der Waals surface area (Å²) in [5, 5.41) is 6.05. The first-order chi connectivity index (χ1) is 10.2. The number of carbonyl (C=O) groups is 1. The molecule has 0 unspecified atom stereocenters. The van der Waals surface area contributed by atoms with Crippen LogP contribution in [0.4, 0.5) is 11.5 Å². The molecule has 1 aromatic heterocycles. The maximum atomic E-state index is 12.2.